The van der Waals surface area contributed by atoms with Crippen LogP contribution in [0.5, 0.6) is 5.75 Å². The number of carboxylic acids is 1. The zero-order valence-corrected chi connectivity index (χ0v) is 13.5. The van der Waals surface area contributed by atoms with Crippen molar-refractivity contribution in [1.29, 1.82) is 0 Å². The molecule has 1 aromatic rings. The summed E-state index contributed by atoms with van der Waals surface area (Å²) in [5.74, 6) is -0.226. The summed E-state index contributed by atoms with van der Waals surface area (Å²) in [6.07, 6.45) is 6.24. The van der Waals surface area contributed by atoms with E-state index in [0.717, 1.165) is 42.6 Å². The van der Waals surface area contributed by atoms with Crippen molar-refractivity contribution in [2.75, 3.05) is 7.11 Å². The number of carbonyl (C=O) groups is 2. The van der Waals surface area contributed by atoms with Gasteiger partial charge in [0.25, 0.3) is 0 Å². The van der Waals surface area contributed by atoms with Crippen LogP contribution >= 0.6 is 0 Å². The molecule has 0 amide bonds. The second-order valence-electron chi connectivity index (χ2n) is 6.33. The van der Waals surface area contributed by atoms with E-state index < -0.39 is 5.97 Å². The van der Waals surface area contributed by atoms with Crippen LogP contribution in [0.25, 0.3) is 5.57 Å². The van der Waals surface area contributed by atoms with Gasteiger partial charge in [0.1, 0.15) is 5.75 Å². The number of carboxylic acid groups (broad SMARTS) is 1. The molecule has 122 valence electrons. The van der Waals surface area contributed by atoms with E-state index in [1.54, 1.807) is 7.11 Å². The Balaban J connectivity index is 2.14. The third kappa shape index (κ3) is 3.16. The molecule has 0 radical (unpaired) electrons. The molecule has 2 aliphatic carbocycles. The van der Waals surface area contributed by atoms with Crippen molar-refractivity contribution in [3.05, 3.63) is 34.4 Å². The SMILES string of the molecule is COc1cc2c(cc1C1=C(CC(=O)O)C(=O)CCC1)CCCC2. The van der Waals surface area contributed by atoms with Crippen LogP contribution in [0.3, 0.4) is 0 Å². The fourth-order valence-corrected chi connectivity index (χ4v) is 3.72. The highest BCUT2D eigenvalue weighted by atomic mass is 16.5. The molecule has 0 heterocycles. The number of carbonyl (C=O) groups excluding carboxylic acids is 1. The highest BCUT2D eigenvalue weighted by Crippen LogP contribution is 2.39. The van der Waals surface area contributed by atoms with Crippen LogP contribution in [0.15, 0.2) is 17.7 Å². The molecule has 4 nitrogen and oxygen atoms in total. The topological polar surface area (TPSA) is 63.6 Å². The first-order valence-electron chi connectivity index (χ1n) is 8.27. The number of benzene rings is 1. The number of allylic oxidation sites excluding steroid dienone is 1. The van der Waals surface area contributed by atoms with Gasteiger partial charge in [-0.3, -0.25) is 9.59 Å². The van der Waals surface area contributed by atoms with Crippen LogP contribution in [0, 0.1) is 0 Å². The van der Waals surface area contributed by atoms with Crippen molar-refractivity contribution >= 4 is 17.3 Å². The van der Waals surface area contributed by atoms with E-state index in [1.807, 2.05) is 0 Å². The fourth-order valence-electron chi connectivity index (χ4n) is 3.72. The van der Waals surface area contributed by atoms with Crippen LogP contribution in [-0.2, 0) is 22.4 Å². The molecule has 0 saturated carbocycles. The summed E-state index contributed by atoms with van der Waals surface area (Å²) in [6.45, 7) is 0. The molecule has 0 unspecified atom stereocenters. The normalized spacial score (nSPS) is 17.9. The Labute approximate surface area is 136 Å². The monoisotopic (exact) mass is 314 g/mol. The number of fused-ring (bicyclic) bond motifs is 1. The Kier molecular flexibility index (Phi) is 4.51. The van der Waals surface area contributed by atoms with Crippen molar-refractivity contribution in [2.45, 2.75) is 51.4 Å². The van der Waals surface area contributed by atoms with Gasteiger partial charge in [0.15, 0.2) is 5.78 Å². The van der Waals surface area contributed by atoms with E-state index >= 15 is 0 Å². The standard InChI is InChI=1S/C19H22O4/c1-23-18-10-13-6-3-2-5-12(13)9-16(18)14-7-4-8-17(20)15(14)11-19(21)22/h9-10H,2-8,11H2,1H3,(H,21,22). The van der Waals surface area contributed by atoms with Crippen LogP contribution in [-0.4, -0.2) is 24.0 Å². The molecular weight excluding hydrogens is 292 g/mol. The molecule has 0 fully saturated rings. The van der Waals surface area contributed by atoms with Gasteiger partial charge in [0.2, 0.25) is 0 Å². The van der Waals surface area contributed by atoms with Crippen LogP contribution < -0.4 is 4.74 Å². The molecular formula is C19H22O4. The van der Waals surface area contributed by atoms with Gasteiger partial charge >= 0.3 is 5.97 Å². The Hall–Kier alpha value is -2.10. The average Bonchev–Trinajstić information content (AvgIpc) is 2.55. The number of aliphatic carboxylic acids is 1. The minimum Gasteiger partial charge on any atom is -0.496 e. The Morgan fingerprint density at radius 1 is 1.09 bits per heavy atom. The lowest BCUT2D eigenvalue weighted by atomic mass is 9.82. The zero-order chi connectivity index (χ0) is 16.4. The van der Waals surface area contributed by atoms with Crippen molar-refractivity contribution in [2.24, 2.45) is 0 Å². The summed E-state index contributed by atoms with van der Waals surface area (Å²) >= 11 is 0. The fraction of sp³-hybridized carbons (Fsp3) is 0.474. The first-order valence-corrected chi connectivity index (χ1v) is 8.27. The van der Waals surface area contributed by atoms with Gasteiger partial charge in [-0.05, 0) is 67.4 Å². The number of hydrogen-bond acceptors (Lipinski definition) is 3. The molecule has 0 atom stereocenters. The third-order valence-electron chi connectivity index (χ3n) is 4.85. The maximum atomic E-state index is 12.2. The van der Waals surface area contributed by atoms with Gasteiger partial charge in [-0.1, -0.05) is 0 Å². The molecule has 1 N–H and O–H groups in total. The van der Waals surface area contributed by atoms with E-state index in [1.165, 1.54) is 24.0 Å². The summed E-state index contributed by atoms with van der Waals surface area (Å²) in [7, 11) is 1.64. The summed E-state index contributed by atoms with van der Waals surface area (Å²) in [5.41, 5.74) is 4.87. The van der Waals surface area contributed by atoms with Crippen molar-refractivity contribution in [1.82, 2.24) is 0 Å². The van der Waals surface area contributed by atoms with E-state index in [9.17, 15) is 9.59 Å². The van der Waals surface area contributed by atoms with Crippen LogP contribution in [0.1, 0.15) is 55.2 Å². The Morgan fingerprint density at radius 3 is 2.43 bits per heavy atom. The van der Waals surface area contributed by atoms with Crippen LogP contribution in [0.2, 0.25) is 0 Å². The van der Waals surface area contributed by atoms with Gasteiger partial charge in [-0.25, -0.2) is 0 Å². The van der Waals surface area contributed by atoms with Gasteiger partial charge < -0.3 is 9.84 Å². The first-order chi connectivity index (χ1) is 11.1. The molecule has 1 aromatic carbocycles. The Bertz CT molecular complexity index is 685. The molecule has 3 rings (SSSR count). The van der Waals surface area contributed by atoms with Gasteiger partial charge in [-0.15, -0.1) is 0 Å². The molecule has 4 heteroatoms. The minimum absolute atomic E-state index is 0.0339. The molecule has 23 heavy (non-hydrogen) atoms. The van der Waals surface area contributed by atoms with Crippen molar-refractivity contribution in [3.8, 4) is 5.75 Å². The van der Waals surface area contributed by atoms with Crippen molar-refractivity contribution in [3.63, 3.8) is 0 Å². The number of hydrogen-bond donors (Lipinski definition) is 1. The second-order valence-corrected chi connectivity index (χ2v) is 6.33. The predicted molar refractivity (Wildman–Crippen MR) is 87.7 cm³/mol. The summed E-state index contributed by atoms with van der Waals surface area (Å²) in [6, 6.07) is 4.21. The highest BCUT2D eigenvalue weighted by molar-refractivity contribution is 6.07. The minimum atomic E-state index is -0.954. The number of methoxy groups -OCH3 is 1. The number of ketones is 1. The summed E-state index contributed by atoms with van der Waals surface area (Å²) < 4.78 is 5.56. The Morgan fingerprint density at radius 2 is 1.78 bits per heavy atom. The lowest BCUT2D eigenvalue weighted by Gasteiger charge is -2.24. The zero-order valence-electron chi connectivity index (χ0n) is 13.5. The summed E-state index contributed by atoms with van der Waals surface area (Å²) in [5, 5.41) is 9.15. The lowest BCUT2D eigenvalue weighted by Crippen LogP contribution is -2.15. The number of aryl methyl sites for hydroxylation is 2. The molecule has 2 aliphatic rings. The van der Waals surface area contributed by atoms with E-state index in [-0.39, 0.29) is 12.2 Å². The van der Waals surface area contributed by atoms with E-state index in [0.29, 0.717) is 12.0 Å². The summed E-state index contributed by atoms with van der Waals surface area (Å²) in [4.78, 5) is 23.4. The third-order valence-corrected chi connectivity index (χ3v) is 4.85. The molecule has 0 bridgehead atoms. The lowest BCUT2D eigenvalue weighted by molar-refractivity contribution is -0.137. The van der Waals surface area contributed by atoms with E-state index in [2.05, 4.69) is 12.1 Å². The molecule has 0 spiro atoms. The highest BCUT2D eigenvalue weighted by Gasteiger charge is 2.26. The van der Waals surface area contributed by atoms with Gasteiger partial charge in [0.05, 0.1) is 13.5 Å². The molecule has 0 aromatic heterocycles. The molecule has 0 saturated heterocycles. The average molecular weight is 314 g/mol. The largest absolute Gasteiger partial charge is 0.496 e. The molecule has 0 aliphatic heterocycles. The second kappa shape index (κ2) is 6.57. The quantitative estimate of drug-likeness (QED) is 0.923. The van der Waals surface area contributed by atoms with Gasteiger partial charge in [0, 0.05) is 17.6 Å². The van der Waals surface area contributed by atoms with Crippen molar-refractivity contribution < 1.29 is 19.4 Å². The van der Waals surface area contributed by atoms with E-state index in [4.69, 9.17) is 9.84 Å². The number of rotatable bonds is 4. The first kappa shape index (κ1) is 15.8. The predicted octanol–water partition coefficient (Wildman–Crippen LogP) is 3.56. The maximum absolute atomic E-state index is 12.2. The van der Waals surface area contributed by atoms with Gasteiger partial charge in [-0.2, -0.15) is 0 Å². The smallest absolute Gasteiger partial charge is 0.307 e. The number of Topliss-reactive ketones (excluding diaryl/α,β-unsaturated/α-hetero) is 1. The maximum Gasteiger partial charge on any atom is 0.307 e. The number of ether oxygens (including phenoxy) is 1. The van der Waals surface area contributed by atoms with Crippen LogP contribution in [0.4, 0.5) is 0 Å².